The summed E-state index contributed by atoms with van der Waals surface area (Å²) in [4.78, 5) is 11.8. The highest BCUT2D eigenvalue weighted by Gasteiger charge is 2.03. The van der Waals surface area contributed by atoms with Gasteiger partial charge in [0, 0.05) is 0 Å². The molecule has 0 bridgehead atoms. The minimum Gasteiger partial charge on any atom is -0.504 e. The predicted octanol–water partition coefficient (Wildman–Crippen LogP) is 3.21. The molecule has 0 saturated heterocycles. The van der Waals surface area contributed by atoms with Gasteiger partial charge in [0.2, 0.25) is 0 Å². The summed E-state index contributed by atoms with van der Waals surface area (Å²) in [6.07, 6.45) is 1.34. The van der Waals surface area contributed by atoms with Crippen LogP contribution in [0.5, 0.6) is 23.0 Å². The smallest absolute Gasteiger partial charge is 0.277 e. The van der Waals surface area contributed by atoms with Crippen molar-refractivity contribution in [1.82, 2.24) is 5.43 Å². The van der Waals surface area contributed by atoms with Crippen molar-refractivity contribution >= 4 is 12.1 Å². The van der Waals surface area contributed by atoms with Gasteiger partial charge in [0.05, 0.1) is 6.21 Å². The van der Waals surface area contributed by atoms with Gasteiger partial charge in [0.15, 0.2) is 18.1 Å². The first-order chi connectivity index (χ1) is 14.1. The van der Waals surface area contributed by atoms with E-state index >= 15 is 0 Å². The Hall–Kier alpha value is -4.00. The van der Waals surface area contributed by atoms with Gasteiger partial charge in [0.25, 0.3) is 5.91 Å². The second-order valence-corrected chi connectivity index (χ2v) is 6.08. The number of benzene rings is 3. The van der Waals surface area contributed by atoms with Gasteiger partial charge in [-0.15, -0.1) is 0 Å². The molecule has 148 valence electrons. The number of carbonyl (C=O) groups excluding carboxylic acids is 1. The number of aromatic hydroxyl groups is 2. The van der Waals surface area contributed by atoms with Crippen LogP contribution >= 0.6 is 0 Å². The van der Waals surface area contributed by atoms with Crippen molar-refractivity contribution in [3.05, 3.63) is 83.9 Å². The Labute approximate surface area is 167 Å². The standard InChI is InChI=1S/C22H20N2O5/c25-20-11-6-17(12-21(20)26)13-23-24-22(27)15-29-19-9-7-18(8-10-19)28-14-16-4-2-1-3-5-16/h1-13,25-26H,14-15H2,(H,24,27)/b23-13+. The van der Waals surface area contributed by atoms with E-state index in [2.05, 4.69) is 10.5 Å². The van der Waals surface area contributed by atoms with E-state index in [-0.39, 0.29) is 18.1 Å². The maximum Gasteiger partial charge on any atom is 0.277 e. The average molecular weight is 392 g/mol. The first-order valence-electron chi connectivity index (χ1n) is 8.83. The molecular weight excluding hydrogens is 372 g/mol. The van der Waals surface area contributed by atoms with Crippen LogP contribution < -0.4 is 14.9 Å². The van der Waals surface area contributed by atoms with Gasteiger partial charge in [-0.3, -0.25) is 4.79 Å². The lowest BCUT2D eigenvalue weighted by Gasteiger charge is -2.08. The summed E-state index contributed by atoms with van der Waals surface area (Å²) >= 11 is 0. The number of nitrogens with zero attached hydrogens (tertiary/aromatic N) is 1. The van der Waals surface area contributed by atoms with Crippen LogP contribution in [-0.2, 0) is 11.4 Å². The highest BCUT2D eigenvalue weighted by molar-refractivity contribution is 5.83. The molecule has 1 amide bonds. The van der Waals surface area contributed by atoms with E-state index < -0.39 is 5.91 Å². The topological polar surface area (TPSA) is 100 Å². The summed E-state index contributed by atoms with van der Waals surface area (Å²) in [6, 6.07) is 21.0. The molecule has 0 atom stereocenters. The molecule has 0 aliphatic heterocycles. The highest BCUT2D eigenvalue weighted by Crippen LogP contribution is 2.24. The second-order valence-electron chi connectivity index (χ2n) is 6.08. The van der Waals surface area contributed by atoms with Crippen LogP contribution in [0.1, 0.15) is 11.1 Å². The van der Waals surface area contributed by atoms with E-state index in [9.17, 15) is 15.0 Å². The Kier molecular flexibility index (Phi) is 6.67. The summed E-state index contributed by atoms with van der Waals surface area (Å²) in [5.74, 6) is 0.302. The molecule has 3 aromatic rings. The first kappa shape index (κ1) is 19.8. The van der Waals surface area contributed by atoms with Crippen LogP contribution in [0.25, 0.3) is 0 Å². The predicted molar refractivity (Wildman–Crippen MR) is 108 cm³/mol. The number of phenols is 2. The van der Waals surface area contributed by atoms with Gasteiger partial charge in [-0.25, -0.2) is 5.43 Å². The van der Waals surface area contributed by atoms with Crippen LogP contribution in [0.3, 0.4) is 0 Å². The number of rotatable bonds is 8. The maximum absolute atomic E-state index is 11.8. The van der Waals surface area contributed by atoms with E-state index in [4.69, 9.17) is 9.47 Å². The first-order valence-corrected chi connectivity index (χ1v) is 8.83. The monoisotopic (exact) mass is 392 g/mol. The molecule has 0 heterocycles. The Morgan fingerprint density at radius 3 is 2.28 bits per heavy atom. The Morgan fingerprint density at radius 1 is 0.897 bits per heavy atom. The number of carbonyl (C=O) groups is 1. The van der Waals surface area contributed by atoms with Crippen molar-refractivity contribution < 1.29 is 24.5 Å². The molecule has 0 aliphatic rings. The van der Waals surface area contributed by atoms with E-state index in [1.165, 1.54) is 18.3 Å². The van der Waals surface area contributed by atoms with Gasteiger partial charge < -0.3 is 19.7 Å². The fourth-order valence-corrected chi connectivity index (χ4v) is 2.35. The van der Waals surface area contributed by atoms with Gasteiger partial charge in [-0.05, 0) is 53.6 Å². The average Bonchev–Trinajstić information content (AvgIpc) is 2.75. The van der Waals surface area contributed by atoms with Gasteiger partial charge in [0.1, 0.15) is 18.1 Å². The SMILES string of the molecule is O=C(COc1ccc(OCc2ccccc2)cc1)N/N=C/c1ccc(O)c(O)c1. The molecule has 0 radical (unpaired) electrons. The van der Waals surface area contributed by atoms with Gasteiger partial charge in [-0.1, -0.05) is 30.3 Å². The molecule has 0 fully saturated rings. The number of nitrogens with one attached hydrogen (secondary N) is 1. The molecule has 0 aliphatic carbocycles. The summed E-state index contributed by atoms with van der Waals surface area (Å²) in [5.41, 5.74) is 3.92. The van der Waals surface area contributed by atoms with Crippen molar-refractivity contribution in [1.29, 1.82) is 0 Å². The van der Waals surface area contributed by atoms with Crippen molar-refractivity contribution in [2.75, 3.05) is 6.61 Å². The molecule has 7 nitrogen and oxygen atoms in total. The van der Waals surface area contributed by atoms with Crippen LogP contribution in [0.15, 0.2) is 77.9 Å². The number of phenolic OH excluding ortho intramolecular Hbond substituents is 2. The lowest BCUT2D eigenvalue weighted by Crippen LogP contribution is -2.24. The second kappa shape index (κ2) is 9.80. The Balaban J connectivity index is 1.41. The zero-order valence-corrected chi connectivity index (χ0v) is 15.5. The molecular formula is C22H20N2O5. The molecule has 0 aromatic heterocycles. The lowest BCUT2D eigenvalue weighted by atomic mass is 10.2. The molecule has 3 N–H and O–H groups in total. The third-order valence-corrected chi connectivity index (χ3v) is 3.84. The largest absolute Gasteiger partial charge is 0.504 e. The quantitative estimate of drug-likeness (QED) is 0.311. The highest BCUT2D eigenvalue weighted by atomic mass is 16.5. The van der Waals surface area contributed by atoms with Crippen LogP contribution in [0.2, 0.25) is 0 Å². The van der Waals surface area contributed by atoms with Crippen LogP contribution in [0, 0.1) is 0 Å². The zero-order chi connectivity index (χ0) is 20.5. The Morgan fingerprint density at radius 2 is 1.59 bits per heavy atom. The normalized spacial score (nSPS) is 10.6. The molecule has 0 unspecified atom stereocenters. The van der Waals surface area contributed by atoms with E-state index in [0.717, 1.165) is 5.56 Å². The lowest BCUT2D eigenvalue weighted by molar-refractivity contribution is -0.123. The summed E-state index contributed by atoms with van der Waals surface area (Å²) in [6.45, 7) is 0.267. The summed E-state index contributed by atoms with van der Waals surface area (Å²) in [5, 5.41) is 22.4. The number of ether oxygens (including phenoxy) is 2. The number of amides is 1. The van der Waals surface area contributed by atoms with E-state index in [1.54, 1.807) is 30.3 Å². The van der Waals surface area contributed by atoms with Gasteiger partial charge in [-0.2, -0.15) is 5.10 Å². The molecule has 0 spiro atoms. The third kappa shape index (κ3) is 6.28. The van der Waals surface area contributed by atoms with Crippen LogP contribution in [-0.4, -0.2) is 28.9 Å². The van der Waals surface area contributed by atoms with Crippen molar-refractivity contribution in [2.24, 2.45) is 5.10 Å². The fourth-order valence-electron chi connectivity index (χ4n) is 2.35. The molecule has 29 heavy (non-hydrogen) atoms. The molecule has 7 heteroatoms. The summed E-state index contributed by atoms with van der Waals surface area (Å²) in [7, 11) is 0. The number of hydrogen-bond acceptors (Lipinski definition) is 6. The number of hydrogen-bond donors (Lipinski definition) is 3. The van der Waals surface area contributed by atoms with E-state index in [0.29, 0.717) is 23.7 Å². The minimum atomic E-state index is -0.436. The van der Waals surface area contributed by atoms with Crippen LogP contribution in [0.4, 0.5) is 0 Å². The fraction of sp³-hybridized carbons (Fsp3) is 0.0909. The maximum atomic E-state index is 11.8. The summed E-state index contributed by atoms with van der Waals surface area (Å²) < 4.78 is 11.1. The van der Waals surface area contributed by atoms with Crippen molar-refractivity contribution in [3.63, 3.8) is 0 Å². The Bertz CT molecular complexity index is 972. The molecule has 3 aromatic carbocycles. The third-order valence-electron chi connectivity index (χ3n) is 3.84. The van der Waals surface area contributed by atoms with Crippen molar-refractivity contribution in [3.8, 4) is 23.0 Å². The van der Waals surface area contributed by atoms with Gasteiger partial charge >= 0.3 is 0 Å². The molecule has 0 saturated carbocycles. The van der Waals surface area contributed by atoms with E-state index in [1.807, 2.05) is 30.3 Å². The minimum absolute atomic E-state index is 0.206. The number of hydrazone groups is 1. The molecule has 3 rings (SSSR count). The van der Waals surface area contributed by atoms with Crippen molar-refractivity contribution in [2.45, 2.75) is 6.61 Å². The zero-order valence-electron chi connectivity index (χ0n) is 15.5.